The molecule has 3 rings (SSSR count). The lowest BCUT2D eigenvalue weighted by atomic mass is 10.1. The van der Waals surface area contributed by atoms with Crippen LogP contribution in [0.5, 0.6) is 5.75 Å². The van der Waals surface area contributed by atoms with Crippen LogP contribution >= 0.6 is 0 Å². The zero-order chi connectivity index (χ0) is 23.3. The van der Waals surface area contributed by atoms with Crippen LogP contribution in [0.25, 0.3) is 0 Å². The second-order valence-corrected chi connectivity index (χ2v) is 6.60. The summed E-state index contributed by atoms with van der Waals surface area (Å²) in [6, 6.07) is 11.4. The van der Waals surface area contributed by atoms with Crippen LogP contribution in [0.4, 0.5) is 16.2 Å². The lowest BCUT2D eigenvalue weighted by molar-refractivity contribution is -0.131. The van der Waals surface area contributed by atoms with Gasteiger partial charge in [0.2, 0.25) is 11.8 Å². The van der Waals surface area contributed by atoms with E-state index in [4.69, 9.17) is 4.74 Å². The highest BCUT2D eigenvalue weighted by Gasteiger charge is 2.41. The molecule has 11 heteroatoms. The predicted octanol–water partition coefficient (Wildman–Crippen LogP) is 1.27. The van der Waals surface area contributed by atoms with Gasteiger partial charge in [-0.25, -0.2) is 15.1 Å². The molecule has 0 bridgehead atoms. The molecule has 0 radical (unpaired) electrons. The van der Waals surface area contributed by atoms with Gasteiger partial charge >= 0.3 is 6.03 Å². The van der Waals surface area contributed by atoms with E-state index in [2.05, 4.69) is 21.2 Å². The Labute approximate surface area is 182 Å². The molecular weight excluding hydrogens is 418 g/mol. The van der Waals surface area contributed by atoms with Crippen molar-refractivity contribution in [3.63, 3.8) is 0 Å². The fraction of sp³-hybridized carbons (Fsp3) is 0.143. The summed E-state index contributed by atoms with van der Waals surface area (Å²) in [5.41, 5.74) is 3.13. The number of imide groups is 2. The van der Waals surface area contributed by atoms with E-state index in [1.54, 1.807) is 18.2 Å². The topological polar surface area (TPSA) is 146 Å². The molecule has 1 aliphatic heterocycles. The van der Waals surface area contributed by atoms with Gasteiger partial charge in [0.25, 0.3) is 11.8 Å². The number of carbonyl (C=O) groups excluding carboxylic acids is 5. The molecule has 0 spiro atoms. The summed E-state index contributed by atoms with van der Waals surface area (Å²) >= 11 is 0. The number of hydrazone groups is 1. The largest absolute Gasteiger partial charge is 0.495 e. The molecule has 0 aromatic heterocycles. The van der Waals surface area contributed by atoms with E-state index < -0.39 is 29.7 Å². The molecule has 1 fully saturated rings. The van der Waals surface area contributed by atoms with Crippen molar-refractivity contribution in [1.29, 1.82) is 0 Å². The fourth-order valence-electron chi connectivity index (χ4n) is 2.91. The van der Waals surface area contributed by atoms with E-state index in [0.29, 0.717) is 5.69 Å². The predicted molar refractivity (Wildman–Crippen MR) is 114 cm³/mol. The maximum absolute atomic E-state index is 12.8. The highest BCUT2D eigenvalue weighted by atomic mass is 16.5. The molecule has 1 atom stereocenters. The number of hydrogen-bond acceptors (Lipinski definition) is 7. The number of para-hydroxylation sites is 2. The number of hydrogen-bond donors (Lipinski definition) is 3. The Bertz CT molecular complexity index is 1110. The second-order valence-electron chi connectivity index (χ2n) is 6.60. The highest BCUT2D eigenvalue weighted by molar-refractivity contribution is 6.33. The van der Waals surface area contributed by atoms with Gasteiger partial charge in [-0.2, -0.15) is 5.10 Å². The monoisotopic (exact) mass is 437 g/mol. The van der Waals surface area contributed by atoms with Gasteiger partial charge in [0.1, 0.15) is 5.75 Å². The molecule has 32 heavy (non-hydrogen) atoms. The lowest BCUT2D eigenvalue weighted by Gasteiger charge is -2.29. The van der Waals surface area contributed by atoms with E-state index in [0.717, 1.165) is 11.1 Å². The minimum Gasteiger partial charge on any atom is -0.495 e. The number of ether oxygens (including phenoxy) is 1. The fourth-order valence-corrected chi connectivity index (χ4v) is 2.91. The molecule has 0 aliphatic carbocycles. The normalized spacial score (nSPS) is 16.0. The van der Waals surface area contributed by atoms with Crippen LogP contribution in [0, 0.1) is 5.92 Å². The Balaban J connectivity index is 1.72. The van der Waals surface area contributed by atoms with E-state index in [-0.39, 0.29) is 22.9 Å². The van der Waals surface area contributed by atoms with Crippen molar-refractivity contribution in [3.05, 3.63) is 54.1 Å². The zero-order valence-electron chi connectivity index (χ0n) is 17.1. The summed E-state index contributed by atoms with van der Waals surface area (Å²) in [5, 5.41) is 8.35. The summed E-state index contributed by atoms with van der Waals surface area (Å²) < 4.78 is 5.18. The number of carbonyl (C=O) groups is 5. The van der Waals surface area contributed by atoms with Gasteiger partial charge in [-0.3, -0.25) is 24.5 Å². The Morgan fingerprint density at radius 3 is 2.44 bits per heavy atom. The molecule has 164 valence electrons. The Morgan fingerprint density at radius 1 is 1.09 bits per heavy atom. The van der Waals surface area contributed by atoms with Crippen LogP contribution in [-0.4, -0.2) is 43.0 Å². The number of nitrogens with zero attached hydrogens (tertiary/aromatic N) is 2. The minimum absolute atomic E-state index is 0.159. The number of anilines is 2. The molecular formula is C21H19N5O6. The van der Waals surface area contributed by atoms with Crippen LogP contribution in [0.3, 0.4) is 0 Å². The molecule has 1 aliphatic rings. The molecule has 2 aromatic carbocycles. The highest BCUT2D eigenvalue weighted by Crippen LogP contribution is 2.30. The summed E-state index contributed by atoms with van der Waals surface area (Å²) in [6.45, 7) is 1.36. The number of rotatable bonds is 6. The van der Waals surface area contributed by atoms with Crippen molar-refractivity contribution in [2.24, 2.45) is 11.0 Å². The molecule has 1 heterocycles. The van der Waals surface area contributed by atoms with E-state index >= 15 is 0 Å². The van der Waals surface area contributed by atoms with Gasteiger partial charge in [0, 0.05) is 24.4 Å². The van der Waals surface area contributed by atoms with Crippen LogP contribution in [-0.2, 0) is 14.4 Å². The Hall–Kier alpha value is -4.54. The summed E-state index contributed by atoms with van der Waals surface area (Å²) in [5.74, 6) is -3.75. The van der Waals surface area contributed by atoms with E-state index in [1.165, 1.54) is 44.4 Å². The van der Waals surface area contributed by atoms with Gasteiger partial charge in [-0.05, 0) is 36.4 Å². The minimum atomic E-state index is -1.44. The van der Waals surface area contributed by atoms with Crippen molar-refractivity contribution in [3.8, 4) is 5.75 Å². The first-order valence-corrected chi connectivity index (χ1v) is 9.35. The van der Waals surface area contributed by atoms with Crippen LogP contribution in [0.15, 0.2) is 53.6 Å². The molecule has 0 saturated carbocycles. The summed E-state index contributed by atoms with van der Waals surface area (Å²) in [7, 11) is 1.38. The molecule has 11 nitrogen and oxygen atoms in total. The third kappa shape index (κ3) is 4.78. The van der Waals surface area contributed by atoms with Crippen LogP contribution in [0.1, 0.15) is 17.3 Å². The van der Waals surface area contributed by atoms with Crippen molar-refractivity contribution in [2.45, 2.75) is 6.92 Å². The summed E-state index contributed by atoms with van der Waals surface area (Å²) in [6.07, 6.45) is 0.941. The average molecular weight is 437 g/mol. The van der Waals surface area contributed by atoms with Crippen LogP contribution in [0.2, 0.25) is 0 Å². The van der Waals surface area contributed by atoms with Gasteiger partial charge in [0.15, 0.2) is 5.92 Å². The van der Waals surface area contributed by atoms with Gasteiger partial charge in [-0.1, -0.05) is 12.1 Å². The van der Waals surface area contributed by atoms with Gasteiger partial charge in [0.05, 0.1) is 12.8 Å². The van der Waals surface area contributed by atoms with Crippen molar-refractivity contribution in [2.75, 3.05) is 17.3 Å². The first-order chi connectivity index (χ1) is 15.3. The third-order valence-corrected chi connectivity index (χ3v) is 4.39. The number of barbiturate groups is 1. The number of urea groups is 1. The quantitative estimate of drug-likeness (QED) is 0.352. The first kappa shape index (κ1) is 22.2. The van der Waals surface area contributed by atoms with Crippen molar-refractivity contribution >= 4 is 47.2 Å². The molecule has 2 aromatic rings. The van der Waals surface area contributed by atoms with Crippen molar-refractivity contribution in [1.82, 2.24) is 10.7 Å². The maximum atomic E-state index is 12.8. The van der Waals surface area contributed by atoms with E-state index in [9.17, 15) is 24.0 Å². The zero-order valence-corrected chi connectivity index (χ0v) is 17.1. The number of methoxy groups -OCH3 is 1. The van der Waals surface area contributed by atoms with E-state index in [1.807, 2.05) is 0 Å². The molecule has 1 saturated heterocycles. The molecule has 0 unspecified atom stereocenters. The third-order valence-electron chi connectivity index (χ3n) is 4.39. The van der Waals surface area contributed by atoms with Crippen LogP contribution < -0.4 is 25.7 Å². The van der Waals surface area contributed by atoms with Crippen molar-refractivity contribution < 1.29 is 28.7 Å². The average Bonchev–Trinajstić information content (AvgIpc) is 2.76. The molecule has 3 N–H and O–H groups in total. The SMILES string of the molecule is COc1ccccc1N1C(=O)NC(=O)[C@H](/C=N\NC(=O)c2ccc(NC(C)=O)cc2)C1=O. The first-order valence-electron chi connectivity index (χ1n) is 9.35. The number of nitrogens with one attached hydrogen (secondary N) is 3. The lowest BCUT2D eigenvalue weighted by Crippen LogP contribution is -2.58. The second kappa shape index (κ2) is 9.51. The van der Waals surface area contributed by atoms with Gasteiger partial charge < -0.3 is 10.1 Å². The standard InChI is InChI=1S/C21H19N5O6/c1-12(27)23-14-9-7-13(8-10-14)18(28)25-22-11-15-19(29)24-21(31)26(20(15)30)16-5-3-4-6-17(16)32-2/h3-11,15H,1-2H3,(H,23,27)(H,25,28)(H,24,29,31)/b22-11-/t15-/m0/s1. The summed E-state index contributed by atoms with van der Waals surface area (Å²) in [4.78, 5) is 61.3. The number of amides is 6. The Morgan fingerprint density at radius 2 is 1.78 bits per heavy atom. The number of benzene rings is 2. The van der Waals surface area contributed by atoms with Gasteiger partial charge in [-0.15, -0.1) is 0 Å². The Kier molecular flexibility index (Phi) is 6.59. The smallest absolute Gasteiger partial charge is 0.335 e. The maximum Gasteiger partial charge on any atom is 0.335 e. The molecule has 6 amide bonds.